The van der Waals surface area contributed by atoms with Gasteiger partial charge in [0.1, 0.15) is 0 Å². The molecule has 0 aliphatic rings. The maximum Gasteiger partial charge on any atom is 0.273 e. The first-order chi connectivity index (χ1) is 9.31. The van der Waals surface area contributed by atoms with E-state index in [1.165, 1.54) is 11.0 Å². The number of ether oxygens (including phenoxy) is 1. The van der Waals surface area contributed by atoms with E-state index in [0.29, 0.717) is 18.8 Å². The van der Waals surface area contributed by atoms with Gasteiger partial charge in [-0.15, -0.1) is 5.10 Å². The number of carbonyl (C=O) groups is 1. The van der Waals surface area contributed by atoms with Crippen LogP contribution in [0.3, 0.4) is 0 Å². The number of hydrogen-bond donors (Lipinski definition) is 1. The molecular weight excluding hydrogens is 244 g/mol. The van der Waals surface area contributed by atoms with Crippen LogP contribution in [0.25, 0.3) is 5.69 Å². The van der Waals surface area contributed by atoms with Crippen LogP contribution in [0.1, 0.15) is 16.9 Å². The van der Waals surface area contributed by atoms with Crippen LogP contribution in [-0.4, -0.2) is 41.2 Å². The van der Waals surface area contributed by atoms with E-state index in [0.717, 1.165) is 12.1 Å². The zero-order valence-electron chi connectivity index (χ0n) is 10.7. The van der Waals surface area contributed by atoms with Gasteiger partial charge in [-0.3, -0.25) is 4.79 Å². The van der Waals surface area contributed by atoms with Crippen molar-refractivity contribution in [3.05, 3.63) is 42.2 Å². The second-order valence-corrected chi connectivity index (χ2v) is 3.96. The number of rotatable bonds is 6. The molecule has 1 heterocycles. The number of methoxy groups -OCH3 is 1. The number of hydrogen-bond acceptors (Lipinski definition) is 4. The summed E-state index contributed by atoms with van der Waals surface area (Å²) in [7, 11) is 1.63. The predicted molar refractivity (Wildman–Crippen MR) is 70.2 cm³/mol. The van der Waals surface area contributed by atoms with Gasteiger partial charge in [-0.2, -0.15) is 9.90 Å². The number of nitrogens with one attached hydrogen (secondary N) is 1. The van der Waals surface area contributed by atoms with Crippen molar-refractivity contribution >= 4 is 5.91 Å². The Kier molecular flexibility index (Phi) is 4.63. The fraction of sp³-hybridized carbons (Fsp3) is 0.308. The Morgan fingerprint density at radius 2 is 2.16 bits per heavy atom. The van der Waals surface area contributed by atoms with E-state index < -0.39 is 0 Å². The normalized spacial score (nSPS) is 10.4. The first-order valence-corrected chi connectivity index (χ1v) is 6.06. The SMILES string of the molecule is COCCCNC(=O)c1cnn(-c2ccccc2)n1. The quantitative estimate of drug-likeness (QED) is 0.788. The summed E-state index contributed by atoms with van der Waals surface area (Å²) in [4.78, 5) is 13.2. The zero-order valence-corrected chi connectivity index (χ0v) is 10.7. The molecule has 100 valence electrons. The average molecular weight is 260 g/mol. The number of amides is 1. The van der Waals surface area contributed by atoms with Crippen molar-refractivity contribution < 1.29 is 9.53 Å². The molecule has 0 unspecified atom stereocenters. The molecule has 6 heteroatoms. The van der Waals surface area contributed by atoms with Gasteiger partial charge in [0.2, 0.25) is 0 Å². The number of benzene rings is 1. The Bertz CT molecular complexity index is 524. The highest BCUT2D eigenvalue weighted by Gasteiger charge is 2.10. The molecule has 0 aliphatic heterocycles. The van der Waals surface area contributed by atoms with Gasteiger partial charge < -0.3 is 10.1 Å². The van der Waals surface area contributed by atoms with E-state index in [4.69, 9.17) is 4.74 Å². The van der Waals surface area contributed by atoms with Crippen molar-refractivity contribution in [3.63, 3.8) is 0 Å². The number of carbonyl (C=O) groups excluding carboxylic acids is 1. The van der Waals surface area contributed by atoms with Crippen LogP contribution >= 0.6 is 0 Å². The van der Waals surface area contributed by atoms with Crippen LogP contribution in [0.5, 0.6) is 0 Å². The topological polar surface area (TPSA) is 69.0 Å². The van der Waals surface area contributed by atoms with Crippen molar-refractivity contribution in [3.8, 4) is 5.69 Å². The Morgan fingerprint density at radius 3 is 2.89 bits per heavy atom. The summed E-state index contributed by atoms with van der Waals surface area (Å²) < 4.78 is 4.91. The maximum absolute atomic E-state index is 11.8. The molecule has 0 atom stereocenters. The van der Waals surface area contributed by atoms with Crippen molar-refractivity contribution in [2.45, 2.75) is 6.42 Å². The Morgan fingerprint density at radius 1 is 1.37 bits per heavy atom. The maximum atomic E-state index is 11.8. The predicted octanol–water partition coefficient (Wildman–Crippen LogP) is 1.03. The molecule has 19 heavy (non-hydrogen) atoms. The van der Waals surface area contributed by atoms with E-state index in [9.17, 15) is 4.79 Å². The van der Waals surface area contributed by atoms with Crippen LogP contribution in [-0.2, 0) is 4.74 Å². The standard InChI is InChI=1S/C13H16N4O2/c1-19-9-5-8-14-13(18)12-10-15-17(16-12)11-6-3-2-4-7-11/h2-4,6-7,10H,5,8-9H2,1H3,(H,14,18). The van der Waals surface area contributed by atoms with Gasteiger partial charge in [0.05, 0.1) is 11.9 Å². The fourth-order valence-electron chi connectivity index (χ4n) is 1.56. The monoisotopic (exact) mass is 260 g/mol. The molecule has 0 spiro atoms. The van der Waals surface area contributed by atoms with Crippen molar-refractivity contribution in [2.24, 2.45) is 0 Å². The molecule has 1 N–H and O–H groups in total. The number of nitrogens with zero attached hydrogens (tertiary/aromatic N) is 3. The van der Waals surface area contributed by atoms with Crippen LogP contribution in [0.4, 0.5) is 0 Å². The van der Waals surface area contributed by atoms with Gasteiger partial charge in [0, 0.05) is 20.3 Å². The van der Waals surface area contributed by atoms with Crippen LogP contribution in [0.15, 0.2) is 36.5 Å². The lowest BCUT2D eigenvalue weighted by Crippen LogP contribution is -2.25. The highest BCUT2D eigenvalue weighted by atomic mass is 16.5. The van der Waals surface area contributed by atoms with Crippen molar-refractivity contribution in [1.29, 1.82) is 0 Å². The van der Waals surface area contributed by atoms with Gasteiger partial charge in [0.25, 0.3) is 5.91 Å². The summed E-state index contributed by atoms with van der Waals surface area (Å²) in [5.41, 5.74) is 1.13. The third-order valence-electron chi connectivity index (χ3n) is 2.52. The molecule has 1 amide bonds. The van der Waals surface area contributed by atoms with E-state index in [-0.39, 0.29) is 5.91 Å². The van der Waals surface area contributed by atoms with Gasteiger partial charge in [-0.1, -0.05) is 18.2 Å². The Labute approximate surface area is 111 Å². The van der Waals surface area contributed by atoms with Gasteiger partial charge in [0.15, 0.2) is 5.69 Å². The Balaban J connectivity index is 1.95. The average Bonchev–Trinajstić information content (AvgIpc) is 2.94. The molecule has 2 rings (SSSR count). The largest absolute Gasteiger partial charge is 0.385 e. The van der Waals surface area contributed by atoms with Gasteiger partial charge in [-0.05, 0) is 18.6 Å². The molecule has 1 aromatic heterocycles. The fourth-order valence-corrected chi connectivity index (χ4v) is 1.56. The third kappa shape index (κ3) is 3.62. The molecule has 0 saturated heterocycles. The van der Waals surface area contributed by atoms with E-state index >= 15 is 0 Å². The summed E-state index contributed by atoms with van der Waals surface area (Å²) in [6, 6.07) is 9.45. The molecule has 0 saturated carbocycles. The minimum atomic E-state index is -0.224. The zero-order chi connectivity index (χ0) is 13.5. The van der Waals surface area contributed by atoms with E-state index in [1.54, 1.807) is 7.11 Å². The lowest BCUT2D eigenvalue weighted by atomic mass is 10.3. The van der Waals surface area contributed by atoms with Crippen LogP contribution in [0, 0.1) is 0 Å². The van der Waals surface area contributed by atoms with E-state index in [2.05, 4.69) is 15.5 Å². The molecule has 6 nitrogen and oxygen atoms in total. The summed E-state index contributed by atoms with van der Waals surface area (Å²) in [6.07, 6.45) is 2.23. The van der Waals surface area contributed by atoms with Crippen molar-refractivity contribution in [1.82, 2.24) is 20.3 Å². The molecule has 2 aromatic rings. The minimum absolute atomic E-state index is 0.224. The third-order valence-corrected chi connectivity index (χ3v) is 2.52. The molecule has 0 bridgehead atoms. The lowest BCUT2D eigenvalue weighted by Gasteiger charge is -2.01. The summed E-state index contributed by atoms with van der Waals surface area (Å²) >= 11 is 0. The first-order valence-electron chi connectivity index (χ1n) is 6.06. The Hall–Kier alpha value is -2.21. The molecule has 0 aliphatic carbocycles. The van der Waals surface area contributed by atoms with Crippen molar-refractivity contribution in [2.75, 3.05) is 20.3 Å². The number of para-hydroxylation sites is 1. The van der Waals surface area contributed by atoms with Crippen LogP contribution < -0.4 is 5.32 Å². The molecule has 1 aromatic carbocycles. The number of aromatic nitrogens is 3. The molecular formula is C13H16N4O2. The van der Waals surface area contributed by atoms with Gasteiger partial charge in [-0.25, -0.2) is 0 Å². The molecule has 0 fully saturated rings. The van der Waals surface area contributed by atoms with Crippen LogP contribution in [0.2, 0.25) is 0 Å². The lowest BCUT2D eigenvalue weighted by molar-refractivity contribution is 0.0943. The second-order valence-electron chi connectivity index (χ2n) is 3.96. The highest BCUT2D eigenvalue weighted by Crippen LogP contribution is 2.04. The minimum Gasteiger partial charge on any atom is -0.385 e. The first kappa shape index (κ1) is 13.2. The summed E-state index contributed by atoms with van der Waals surface area (Å²) in [5.74, 6) is -0.224. The molecule has 0 radical (unpaired) electrons. The van der Waals surface area contributed by atoms with Gasteiger partial charge >= 0.3 is 0 Å². The highest BCUT2D eigenvalue weighted by molar-refractivity contribution is 5.91. The second kappa shape index (κ2) is 6.65. The van der Waals surface area contributed by atoms with E-state index in [1.807, 2.05) is 30.3 Å². The summed E-state index contributed by atoms with van der Waals surface area (Å²) in [5, 5.41) is 11.0. The summed E-state index contributed by atoms with van der Waals surface area (Å²) in [6.45, 7) is 1.18. The smallest absolute Gasteiger partial charge is 0.273 e.